The van der Waals surface area contributed by atoms with Crippen LogP contribution in [0, 0.1) is 17.8 Å². The molecule has 2 unspecified atom stereocenters. The smallest absolute Gasteiger partial charge is 0.302 e. The second-order valence-electron chi connectivity index (χ2n) is 3.78. The van der Waals surface area contributed by atoms with Gasteiger partial charge in [0.1, 0.15) is 0 Å². The van der Waals surface area contributed by atoms with Crippen molar-refractivity contribution in [2.24, 2.45) is 17.8 Å². The summed E-state index contributed by atoms with van der Waals surface area (Å²) >= 11 is 0. The number of esters is 1. The van der Waals surface area contributed by atoms with Gasteiger partial charge >= 0.3 is 5.97 Å². The second-order valence-corrected chi connectivity index (χ2v) is 3.78. The van der Waals surface area contributed by atoms with Crippen molar-refractivity contribution in [1.82, 2.24) is 5.32 Å². The van der Waals surface area contributed by atoms with Gasteiger partial charge < -0.3 is 10.1 Å². The van der Waals surface area contributed by atoms with Crippen LogP contribution in [0.1, 0.15) is 13.3 Å². The van der Waals surface area contributed by atoms with Crippen molar-refractivity contribution in [2.75, 3.05) is 19.7 Å². The van der Waals surface area contributed by atoms with Gasteiger partial charge in [0.15, 0.2) is 0 Å². The molecule has 0 aromatic heterocycles. The van der Waals surface area contributed by atoms with Gasteiger partial charge in [-0.2, -0.15) is 0 Å². The van der Waals surface area contributed by atoms with E-state index in [4.69, 9.17) is 4.74 Å². The molecule has 0 radical (unpaired) electrons. The van der Waals surface area contributed by atoms with E-state index in [0.29, 0.717) is 6.61 Å². The Morgan fingerprint density at radius 1 is 1.50 bits per heavy atom. The molecule has 3 nitrogen and oxygen atoms in total. The van der Waals surface area contributed by atoms with Crippen LogP contribution in [-0.2, 0) is 9.53 Å². The van der Waals surface area contributed by atoms with Crippen molar-refractivity contribution in [3.63, 3.8) is 0 Å². The van der Waals surface area contributed by atoms with Gasteiger partial charge in [0, 0.05) is 6.92 Å². The lowest BCUT2D eigenvalue weighted by molar-refractivity contribution is -0.141. The van der Waals surface area contributed by atoms with Crippen molar-refractivity contribution < 1.29 is 9.53 Å². The van der Waals surface area contributed by atoms with Crippen LogP contribution in [0.3, 0.4) is 0 Å². The Morgan fingerprint density at radius 3 is 2.75 bits per heavy atom. The molecule has 1 heterocycles. The van der Waals surface area contributed by atoms with Crippen molar-refractivity contribution in [3.8, 4) is 0 Å². The van der Waals surface area contributed by atoms with Crippen molar-refractivity contribution in [2.45, 2.75) is 13.3 Å². The van der Waals surface area contributed by atoms with E-state index in [9.17, 15) is 4.79 Å². The van der Waals surface area contributed by atoms with E-state index < -0.39 is 0 Å². The molecule has 12 heavy (non-hydrogen) atoms. The first-order chi connectivity index (χ1) is 5.79. The number of carbonyl (C=O) groups is 1. The molecular formula is C9H15NO2. The van der Waals surface area contributed by atoms with Crippen molar-refractivity contribution in [1.29, 1.82) is 0 Å². The first-order valence-electron chi connectivity index (χ1n) is 4.63. The van der Waals surface area contributed by atoms with Crippen LogP contribution >= 0.6 is 0 Å². The molecule has 0 aromatic rings. The highest BCUT2D eigenvalue weighted by molar-refractivity contribution is 5.65. The number of fused-ring (bicyclic) bond motifs is 1. The third kappa shape index (κ3) is 1.46. The quantitative estimate of drug-likeness (QED) is 0.622. The SMILES string of the molecule is CC(=O)OCCC1C2CNCC12. The molecule has 0 aromatic carbocycles. The molecule has 3 heteroatoms. The lowest BCUT2D eigenvalue weighted by Crippen LogP contribution is -2.15. The van der Waals surface area contributed by atoms with E-state index in [-0.39, 0.29) is 5.97 Å². The van der Waals surface area contributed by atoms with Gasteiger partial charge in [0.25, 0.3) is 0 Å². The summed E-state index contributed by atoms with van der Waals surface area (Å²) in [6, 6.07) is 0. The Kier molecular flexibility index (Phi) is 2.05. The maximum Gasteiger partial charge on any atom is 0.302 e. The molecule has 1 N–H and O–H groups in total. The van der Waals surface area contributed by atoms with Gasteiger partial charge in [-0.25, -0.2) is 0 Å². The highest BCUT2D eigenvalue weighted by Gasteiger charge is 2.51. The van der Waals surface area contributed by atoms with Crippen molar-refractivity contribution >= 4 is 5.97 Å². The van der Waals surface area contributed by atoms with Gasteiger partial charge in [-0.3, -0.25) is 4.79 Å². The van der Waals surface area contributed by atoms with E-state index >= 15 is 0 Å². The zero-order chi connectivity index (χ0) is 8.55. The highest BCUT2D eigenvalue weighted by atomic mass is 16.5. The number of hydrogen-bond donors (Lipinski definition) is 1. The van der Waals surface area contributed by atoms with E-state index in [1.807, 2.05) is 0 Å². The Labute approximate surface area is 72.5 Å². The number of rotatable bonds is 3. The average Bonchev–Trinajstić information content (AvgIpc) is 2.49. The molecule has 0 spiro atoms. The van der Waals surface area contributed by atoms with Crippen LogP contribution in [0.4, 0.5) is 0 Å². The zero-order valence-electron chi connectivity index (χ0n) is 7.38. The molecule has 0 amide bonds. The first-order valence-corrected chi connectivity index (χ1v) is 4.63. The van der Waals surface area contributed by atoms with Gasteiger partial charge in [-0.1, -0.05) is 0 Å². The lowest BCUT2D eigenvalue weighted by Gasteiger charge is -2.03. The zero-order valence-corrected chi connectivity index (χ0v) is 7.38. The predicted octanol–water partition coefficient (Wildman–Crippen LogP) is 0.405. The van der Waals surface area contributed by atoms with Crippen LogP contribution < -0.4 is 5.32 Å². The molecule has 0 bridgehead atoms. The van der Waals surface area contributed by atoms with E-state index in [1.165, 1.54) is 20.0 Å². The highest BCUT2D eigenvalue weighted by Crippen LogP contribution is 2.50. The Balaban J connectivity index is 1.61. The van der Waals surface area contributed by atoms with Crippen LogP contribution in [0.15, 0.2) is 0 Å². The number of carbonyl (C=O) groups excluding carboxylic acids is 1. The monoisotopic (exact) mass is 169 g/mol. The molecule has 68 valence electrons. The van der Waals surface area contributed by atoms with Crippen molar-refractivity contribution in [3.05, 3.63) is 0 Å². The minimum atomic E-state index is -0.154. The third-order valence-electron chi connectivity index (χ3n) is 3.03. The van der Waals surface area contributed by atoms with Gasteiger partial charge in [-0.15, -0.1) is 0 Å². The summed E-state index contributed by atoms with van der Waals surface area (Å²) in [6.45, 7) is 4.44. The van der Waals surface area contributed by atoms with Crippen LogP contribution in [-0.4, -0.2) is 25.7 Å². The van der Waals surface area contributed by atoms with Gasteiger partial charge in [0.05, 0.1) is 6.61 Å². The van der Waals surface area contributed by atoms with Gasteiger partial charge in [0.2, 0.25) is 0 Å². The summed E-state index contributed by atoms with van der Waals surface area (Å²) in [4.78, 5) is 10.5. The van der Waals surface area contributed by atoms with Crippen LogP contribution in [0.5, 0.6) is 0 Å². The molecule has 1 aliphatic heterocycles. The molecule has 1 aliphatic carbocycles. The molecule has 2 rings (SSSR count). The van der Waals surface area contributed by atoms with Crippen LogP contribution in [0.25, 0.3) is 0 Å². The summed E-state index contributed by atoms with van der Waals surface area (Å²) in [5.74, 6) is 2.46. The summed E-state index contributed by atoms with van der Waals surface area (Å²) in [6.07, 6.45) is 1.07. The summed E-state index contributed by atoms with van der Waals surface area (Å²) in [7, 11) is 0. The van der Waals surface area contributed by atoms with Gasteiger partial charge in [-0.05, 0) is 37.3 Å². The fourth-order valence-corrected chi connectivity index (χ4v) is 2.31. The first kappa shape index (κ1) is 8.05. The number of piperidine rings is 1. The minimum Gasteiger partial charge on any atom is -0.466 e. The Hall–Kier alpha value is -0.570. The molecule has 2 fully saturated rings. The Bertz CT molecular complexity index is 183. The molecule has 2 atom stereocenters. The maximum absolute atomic E-state index is 10.5. The number of hydrogen-bond acceptors (Lipinski definition) is 3. The number of ether oxygens (including phenoxy) is 1. The third-order valence-corrected chi connectivity index (χ3v) is 3.03. The summed E-state index contributed by atoms with van der Waals surface area (Å²) in [5, 5.41) is 3.34. The molecular weight excluding hydrogens is 154 g/mol. The predicted molar refractivity (Wildman–Crippen MR) is 44.6 cm³/mol. The second kappa shape index (κ2) is 3.05. The topological polar surface area (TPSA) is 38.3 Å². The fraction of sp³-hybridized carbons (Fsp3) is 0.889. The number of nitrogens with one attached hydrogen (secondary N) is 1. The standard InChI is InChI=1S/C9H15NO2/c1-6(11)12-3-2-7-8-4-10-5-9(7)8/h7-10H,2-5H2,1H3. The maximum atomic E-state index is 10.5. The molecule has 2 aliphatic rings. The normalized spacial score (nSPS) is 37.6. The molecule has 1 saturated carbocycles. The summed E-state index contributed by atoms with van der Waals surface area (Å²) in [5.41, 5.74) is 0. The Morgan fingerprint density at radius 2 is 2.17 bits per heavy atom. The van der Waals surface area contributed by atoms with E-state index in [1.54, 1.807) is 0 Å². The molecule has 1 saturated heterocycles. The lowest BCUT2D eigenvalue weighted by atomic mass is 10.2. The van der Waals surface area contributed by atoms with E-state index in [2.05, 4.69) is 5.32 Å². The largest absolute Gasteiger partial charge is 0.466 e. The van der Waals surface area contributed by atoms with Crippen LogP contribution in [0.2, 0.25) is 0 Å². The summed E-state index contributed by atoms with van der Waals surface area (Å²) < 4.78 is 4.90. The fourth-order valence-electron chi connectivity index (χ4n) is 2.31. The van der Waals surface area contributed by atoms with E-state index in [0.717, 1.165) is 24.2 Å². The average molecular weight is 169 g/mol. The minimum absolute atomic E-state index is 0.154.